The van der Waals surface area contributed by atoms with Crippen molar-refractivity contribution in [3.05, 3.63) is 29.3 Å². The average Bonchev–Trinajstić information content (AvgIpc) is 2.41. The Hall–Kier alpha value is -1.06. The number of aliphatic hydroxyl groups is 1. The third kappa shape index (κ3) is 5.01. The van der Waals surface area contributed by atoms with E-state index in [-0.39, 0.29) is 5.91 Å². The first-order valence-corrected chi connectivity index (χ1v) is 8.00. The predicted octanol–water partition coefficient (Wildman–Crippen LogP) is 4.25. The van der Waals surface area contributed by atoms with E-state index in [9.17, 15) is 9.90 Å². The van der Waals surface area contributed by atoms with Crippen molar-refractivity contribution < 1.29 is 9.90 Å². The molecule has 0 saturated heterocycles. The number of amides is 1. The van der Waals surface area contributed by atoms with Crippen LogP contribution in [0, 0.1) is 11.8 Å². The van der Waals surface area contributed by atoms with E-state index in [1.807, 2.05) is 26.0 Å². The lowest BCUT2D eigenvalue weighted by Crippen LogP contribution is -2.34. The third-order valence-corrected chi connectivity index (χ3v) is 4.70. The van der Waals surface area contributed by atoms with E-state index in [1.54, 1.807) is 12.1 Å². The monoisotopic (exact) mass is 309 g/mol. The maximum absolute atomic E-state index is 12.1. The van der Waals surface area contributed by atoms with Crippen LogP contribution in [0.3, 0.4) is 0 Å². The van der Waals surface area contributed by atoms with Crippen molar-refractivity contribution in [2.45, 2.75) is 51.6 Å². The maximum Gasteiger partial charge on any atom is 0.224 e. The summed E-state index contributed by atoms with van der Waals surface area (Å²) >= 11 is 5.82. The molecule has 1 aliphatic rings. The summed E-state index contributed by atoms with van der Waals surface area (Å²) in [6, 6.07) is 7.16. The molecule has 0 heterocycles. The first-order chi connectivity index (χ1) is 9.84. The molecule has 0 bridgehead atoms. The SMILES string of the molecule is CC(C)(O)[C@H]1CC[C@@H](CC(=O)Nc2ccc(Cl)cc2)CC1. The smallest absolute Gasteiger partial charge is 0.224 e. The minimum Gasteiger partial charge on any atom is -0.390 e. The highest BCUT2D eigenvalue weighted by Crippen LogP contribution is 2.36. The molecule has 0 atom stereocenters. The van der Waals surface area contributed by atoms with Gasteiger partial charge in [-0.15, -0.1) is 0 Å². The highest BCUT2D eigenvalue weighted by Gasteiger charge is 2.31. The van der Waals surface area contributed by atoms with E-state index in [2.05, 4.69) is 5.32 Å². The van der Waals surface area contributed by atoms with Gasteiger partial charge in [0.1, 0.15) is 0 Å². The average molecular weight is 310 g/mol. The van der Waals surface area contributed by atoms with Crippen LogP contribution in [0.2, 0.25) is 5.02 Å². The molecule has 1 saturated carbocycles. The van der Waals surface area contributed by atoms with Crippen molar-refractivity contribution in [1.29, 1.82) is 0 Å². The van der Waals surface area contributed by atoms with Crippen LogP contribution in [0.25, 0.3) is 0 Å². The Balaban J connectivity index is 1.78. The minimum atomic E-state index is -0.601. The normalized spacial score (nSPS) is 22.9. The molecule has 1 fully saturated rings. The summed E-state index contributed by atoms with van der Waals surface area (Å²) in [5, 5.41) is 13.6. The Morgan fingerprint density at radius 1 is 1.24 bits per heavy atom. The van der Waals surface area contributed by atoms with Gasteiger partial charge in [0.15, 0.2) is 0 Å². The van der Waals surface area contributed by atoms with Gasteiger partial charge < -0.3 is 10.4 Å². The van der Waals surface area contributed by atoms with Crippen molar-refractivity contribution in [2.24, 2.45) is 11.8 Å². The van der Waals surface area contributed by atoms with Crippen molar-refractivity contribution in [1.82, 2.24) is 0 Å². The standard InChI is InChI=1S/C17H24ClNO2/c1-17(2,21)13-5-3-12(4-6-13)11-16(20)19-15-9-7-14(18)8-10-15/h7-10,12-13,21H,3-6,11H2,1-2H3,(H,19,20)/t12-,13+. The van der Waals surface area contributed by atoms with Gasteiger partial charge in [-0.3, -0.25) is 4.79 Å². The molecule has 1 aromatic carbocycles. The van der Waals surface area contributed by atoms with Crippen LogP contribution in [0.5, 0.6) is 0 Å². The molecule has 1 aromatic rings. The first kappa shape index (κ1) is 16.3. The summed E-state index contributed by atoms with van der Waals surface area (Å²) in [7, 11) is 0. The zero-order chi connectivity index (χ0) is 15.5. The van der Waals surface area contributed by atoms with Crippen molar-refractivity contribution >= 4 is 23.2 Å². The minimum absolute atomic E-state index is 0.0593. The first-order valence-electron chi connectivity index (χ1n) is 7.62. The molecule has 0 spiro atoms. The molecule has 0 aliphatic heterocycles. The molecule has 116 valence electrons. The van der Waals surface area contributed by atoms with Crippen molar-refractivity contribution in [2.75, 3.05) is 5.32 Å². The van der Waals surface area contributed by atoms with Crippen LogP contribution in [-0.4, -0.2) is 16.6 Å². The lowest BCUT2D eigenvalue weighted by atomic mass is 9.74. The fraction of sp³-hybridized carbons (Fsp3) is 0.588. The van der Waals surface area contributed by atoms with E-state index in [0.717, 1.165) is 31.4 Å². The molecule has 2 rings (SSSR count). The highest BCUT2D eigenvalue weighted by molar-refractivity contribution is 6.30. The van der Waals surface area contributed by atoms with E-state index in [1.165, 1.54) is 0 Å². The van der Waals surface area contributed by atoms with Crippen molar-refractivity contribution in [3.63, 3.8) is 0 Å². The van der Waals surface area contributed by atoms with Gasteiger partial charge in [-0.05, 0) is 75.6 Å². The van der Waals surface area contributed by atoms with Gasteiger partial charge >= 0.3 is 0 Å². The number of nitrogens with one attached hydrogen (secondary N) is 1. The number of carbonyl (C=O) groups excluding carboxylic acids is 1. The molecule has 0 unspecified atom stereocenters. The van der Waals surface area contributed by atoms with E-state index in [4.69, 9.17) is 11.6 Å². The van der Waals surface area contributed by atoms with Crippen LogP contribution in [0.1, 0.15) is 46.0 Å². The molecule has 1 aliphatic carbocycles. The van der Waals surface area contributed by atoms with E-state index < -0.39 is 5.60 Å². The number of hydrogen-bond acceptors (Lipinski definition) is 2. The predicted molar refractivity (Wildman–Crippen MR) is 86.4 cm³/mol. The number of halogens is 1. The summed E-state index contributed by atoms with van der Waals surface area (Å²) in [6.07, 6.45) is 4.59. The quantitative estimate of drug-likeness (QED) is 0.873. The molecule has 1 amide bonds. The summed E-state index contributed by atoms with van der Waals surface area (Å²) in [5.41, 5.74) is 0.186. The Bertz CT molecular complexity index is 471. The van der Waals surface area contributed by atoms with Crippen LogP contribution in [-0.2, 0) is 4.79 Å². The van der Waals surface area contributed by atoms with Gasteiger partial charge in [0, 0.05) is 17.1 Å². The van der Waals surface area contributed by atoms with Crippen LogP contribution in [0.4, 0.5) is 5.69 Å². The number of hydrogen-bond donors (Lipinski definition) is 2. The number of anilines is 1. The third-order valence-electron chi connectivity index (χ3n) is 4.45. The molecular formula is C17H24ClNO2. The lowest BCUT2D eigenvalue weighted by molar-refractivity contribution is -0.117. The maximum atomic E-state index is 12.1. The fourth-order valence-corrected chi connectivity index (χ4v) is 3.21. The van der Waals surface area contributed by atoms with E-state index >= 15 is 0 Å². The van der Waals surface area contributed by atoms with Crippen LogP contribution in [0.15, 0.2) is 24.3 Å². The van der Waals surface area contributed by atoms with Crippen molar-refractivity contribution in [3.8, 4) is 0 Å². The molecule has 3 nitrogen and oxygen atoms in total. The number of rotatable bonds is 4. The zero-order valence-corrected chi connectivity index (χ0v) is 13.5. The van der Waals surface area contributed by atoms with Gasteiger partial charge in [-0.1, -0.05) is 11.6 Å². The zero-order valence-electron chi connectivity index (χ0n) is 12.7. The van der Waals surface area contributed by atoms with Crippen LogP contribution >= 0.6 is 11.6 Å². The Kier molecular flexibility index (Phi) is 5.28. The molecule has 0 radical (unpaired) electrons. The second-order valence-electron chi connectivity index (χ2n) is 6.63. The van der Waals surface area contributed by atoms with E-state index in [0.29, 0.717) is 23.3 Å². The molecule has 0 aromatic heterocycles. The van der Waals surface area contributed by atoms with Gasteiger partial charge in [0.25, 0.3) is 0 Å². The number of carbonyl (C=O) groups is 1. The summed E-state index contributed by atoms with van der Waals surface area (Å²) in [4.78, 5) is 12.1. The molecule has 21 heavy (non-hydrogen) atoms. The molecular weight excluding hydrogens is 286 g/mol. The van der Waals surface area contributed by atoms with Crippen LogP contribution < -0.4 is 5.32 Å². The lowest BCUT2D eigenvalue weighted by Gasteiger charge is -2.35. The Morgan fingerprint density at radius 3 is 2.33 bits per heavy atom. The second-order valence-corrected chi connectivity index (χ2v) is 7.07. The second kappa shape index (κ2) is 6.80. The summed E-state index contributed by atoms with van der Waals surface area (Å²) in [6.45, 7) is 3.76. The van der Waals surface area contributed by atoms with Gasteiger partial charge in [0.2, 0.25) is 5.91 Å². The molecule has 4 heteroatoms. The Labute approximate surface area is 131 Å². The largest absolute Gasteiger partial charge is 0.390 e. The Morgan fingerprint density at radius 2 is 1.81 bits per heavy atom. The van der Waals surface area contributed by atoms with Gasteiger partial charge in [-0.25, -0.2) is 0 Å². The van der Waals surface area contributed by atoms with Gasteiger partial charge in [-0.2, -0.15) is 0 Å². The fourth-order valence-electron chi connectivity index (χ4n) is 3.08. The molecule has 2 N–H and O–H groups in total. The topological polar surface area (TPSA) is 49.3 Å². The highest BCUT2D eigenvalue weighted by atomic mass is 35.5. The summed E-state index contributed by atoms with van der Waals surface area (Å²) < 4.78 is 0. The number of benzene rings is 1. The summed E-state index contributed by atoms with van der Waals surface area (Å²) in [5.74, 6) is 0.841. The van der Waals surface area contributed by atoms with Gasteiger partial charge in [0.05, 0.1) is 5.60 Å².